The molecule has 2 atom stereocenters. The van der Waals surface area contributed by atoms with Crippen LogP contribution in [0.3, 0.4) is 0 Å². The molecule has 0 amide bonds. The van der Waals surface area contributed by atoms with Crippen molar-refractivity contribution < 1.29 is 0 Å². The third-order valence-electron chi connectivity index (χ3n) is 3.93. The first-order valence-corrected chi connectivity index (χ1v) is 8.81. The zero-order chi connectivity index (χ0) is 15.0. The molecule has 0 aromatic rings. The molecule has 0 aliphatic heterocycles. The van der Waals surface area contributed by atoms with E-state index in [1.807, 2.05) is 6.92 Å². The predicted octanol–water partition coefficient (Wildman–Crippen LogP) is 4.66. The standard InChI is InChI=1S/C14H22N2S4/c1-11(15-9-17)2-3-12(16-10-18)8-14(20)6-4-13(19)5-7-14/h11-13,19-20H,2-8H2,1H3. The van der Waals surface area contributed by atoms with Gasteiger partial charge >= 0.3 is 0 Å². The lowest BCUT2D eigenvalue weighted by molar-refractivity contribution is 0.354. The Morgan fingerprint density at radius 3 is 2.35 bits per heavy atom. The van der Waals surface area contributed by atoms with E-state index in [0.717, 1.165) is 44.9 Å². The Labute approximate surface area is 143 Å². The number of thiocarbonyl (C=S) groups is 2. The van der Waals surface area contributed by atoms with E-state index in [-0.39, 0.29) is 16.8 Å². The maximum atomic E-state index is 4.90. The lowest BCUT2D eigenvalue weighted by Crippen LogP contribution is -2.32. The highest BCUT2D eigenvalue weighted by Gasteiger charge is 2.33. The van der Waals surface area contributed by atoms with E-state index in [9.17, 15) is 0 Å². The number of aliphatic imine (C=N–C) groups is 2. The first kappa shape index (κ1) is 18.3. The molecular formula is C14H22N2S4. The van der Waals surface area contributed by atoms with Crippen LogP contribution >= 0.6 is 49.7 Å². The fraction of sp³-hybridized carbons (Fsp3) is 0.857. The molecule has 2 nitrogen and oxygen atoms in total. The van der Waals surface area contributed by atoms with Crippen LogP contribution in [0.5, 0.6) is 0 Å². The van der Waals surface area contributed by atoms with E-state index in [2.05, 4.69) is 45.2 Å². The Kier molecular flexibility index (Phi) is 8.57. The van der Waals surface area contributed by atoms with Gasteiger partial charge in [-0.1, -0.05) is 0 Å². The minimum atomic E-state index is 0.0657. The number of hydrogen-bond donors (Lipinski definition) is 2. The van der Waals surface area contributed by atoms with Gasteiger partial charge in [-0.2, -0.15) is 25.3 Å². The summed E-state index contributed by atoms with van der Waals surface area (Å²) < 4.78 is 0.0657. The average Bonchev–Trinajstić information content (AvgIpc) is 2.40. The van der Waals surface area contributed by atoms with Gasteiger partial charge in [0.1, 0.15) is 0 Å². The number of rotatable bonds is 7. The number of thiol groups is 2. The normalized spacial score (nSPS) is 28.9. The topological polar surface area (TPSA) is 24.7 Å². The second-order valence-electron chi connectivity index (χ2n) is 5.68. The van der Waals surface area contributed by atoms with Crippen LogP contribution in [-0.2, 0) is 0 Å². The maximum absolute atomic E-state index is 4.90. The zero-order valence-electron chi connectivity index (χ0n) is 11.8. The second kappa shape index (κ2) is 9.34. The summed E-state index contributed by atoms with van der Waals surface area (Å²) >= 11 is 18.9. The average molecular weight is 347 g/mol. The van der Waals surface area contributed by atoms with E-state index >= 15 is 0 Å². The van der Waals surface area contributed by atoms with Crippen LogP contribution in [0.1, 0.15) is 51.9 Å². The molecule has 1 rings (SSSR count). The molecule has 1 fully saturated rings. The molecular weight excluding hydrogens is 324 g/mol. The van der Waals surface area contributed by atoms with Gasteiger partial charge in [0.25, 0.3) is 0 Å². The molecule has 112 valence electrons. The van der Waals surface area contributed by atoms with Crippen LogP contribution in [0.4, 0.5) is 0 Å². The highest BCUT2D eigenvalue weighted by Crippen LogP contribution is 2.40. The molecule has 1 aliphatic carbocycles. The monoisotopic (exact) mass is 346 g/mol. The summed E-state index contributed by atoms with van der Waals surface area (Å²) in [7, 11) is 0. The van der Waals surface area contributed by atoms with Crippen LogP contribution in [0.15, 0.2) is 9.98 Å². The summed E-state index contributed by atoms with van der Waals surface area (Å²) in [5.41, 5.74) is 0. The fourth-order valence-corrected chi connectivity index (χ4v) is 3.71. The molecule has 0 radical (unpaired) electrons. The van der Waals surface area contributed by atoms with Gasteiger partial charge in [0.15, 0.2) is 0 Å². The smallest absolute Gasteiger partial charge is 0.0616 e. The Bertz CT molecular complexity index is 392. The summed E-state index contributed by atoms with van der Waals surface area (Å²) in [4.78, 5) is 8.40. The van der Waals surface area contributed by atoms with Crippen molar-refractivity contribution in [2.24, 2.45) is 9.98 Å². The Balaban J connectivity index is 2.53. The molecule has 20 heavy (non-hydrogen) atoms. The zero-order valence-corrected chi connectivity index (χ0v) is 15.2. The quantitative estimate of drug-likeness (QED) is 0.398. The van der Waals surface area contributed by atoms with Crippen molar-refractivity contribution >= 4 is 60.0 Å². The maximum Gasteiger partial charge on any atom is 0.0616 e. The highest BCUT2D eigenvalue weighted by atomic mass is 32.1. The van der Waals surface area contributed by atoms with Gasteiger partial charge < -0.3 is 0 Å². The molecule has 0 spiro atoms. The Hall–Kier alpha value is 0.300. The van der Waals surface area contributed by atoms with E-state index < -0.39 is 0 Å². The molecule has 0 aromatic heterocycles. The summed E-state index contributed by atoms with van der Waals surface area (Å²) in [5.74, 6) is 0. The lowest BCUT2D eigenvalue weighted by atomic mass is 9.82. The van der Waals surface area contributed by atoms with E-state index in [0.29, 0.717) is 5.25 Å². The number of hydrogen-bond acceptors (Lipinski definition) is 6. The third-order valence-corrected chi connectivity index (χ3v) is 5.28. The van der Waals surface area contributed by atoms with Crippen LogP contribution in [0, 0.1) is 0 Å². The van der Waals surface area contributed by atoms with Gasteiger partial charge in [-0.3, -0.25) is 0 Å². The Morgan fingerprint density at radius 2 is 1.80 bits per heavy atom. The summed E-state index contributed by atoms with van der Waals surface area (Å²) in [6.07, 6.45) is 7.29. The van der Waals surface area contributed by atoms with Crippen LogP contribution in [0.2, 0.25) is 0 Å². The van der Waals surface area contributed by atoms with Gasteiger partial charge in [-0.05, 0) is 76.3 Å². The van der Waals surface area contributed by atoms with E-state index in [1.165, 1.54) is 0 Å². The van der Waals surface area contributed by atoms with Crippen molar-refractivity contribution in [3.05, 3.63) is 0 Å². The van der Waals surface area contributed by atoms with Crippen molar-refractivity contribution in [1.82, 2.24) is 0 Å². The third kappa shape index (κ3) is 6.84. The summed E-state index contributed by atoms with van der Waals surface area (Å²) in [5, 5.41) is 5.49. The highest BCUT2D eigenvalue weighted by molar-refractivity contribution is 7.82. The van der Waals surface area contributed by atoms with Crippen molar-refractivity contribution in [1.29, 1.82) is 0 Å². The molecule has 0 N–H and O–H groups in total. The molecule has 0 aromatic carbocycles. The fourth-order valence-electron chi connectivity index (χ4n) is 2.66. The SMILES string of the molecule is CC(CCC(CC1(S)CCC(S)CC1)N=C=S)N=C=S. The van der Waals surface area contributed by atoms with Crippen LogP contribution in [0.25, 0.3) is 0 Å². The number of isothiocyanates is 2. The van der Waals surface area contributed by atoms with Crippen molar-refractivity contribution in [3.63, 3.8) is 0 Å². The predicted molar refractivity (Wildman–Crippen MR) is 100 cm³/mol. The molecule has 2 unspecified atom stereocenters. The molecule has 0 saturated heterocycles. The van der Waals surface area contributed by atoms with Gasteiger partial charge in [0.05, 0.1) is 22.4 Å². The number of nitrogens with zero attached hydrogens (tertiary/aromatic N) is 2. The van der Waals surface area contributed by atoms with E-state index in [1.54, 1.807) is 0 Å². The molecule has 0 heterocycles. The van der Waals surface area contributed by atoms with Crippen molar-refractivity contribution in [3.8, 4) is 0 Å². The minimum Gasteiger partial charge on any atom is -0.229 e. The largest absolute Gasteiger partial charge is 0.229 e. The molecule has 0 bridgehead atoms. The van der Waals surface area contributed by atoms with Crippen LogP contribution in [-0.4, -0.2) is 32.4 Å². The first-order chi connectivity index (χ1) is 9.49. The van der Waals surface area contributed by atoms with E-state index in [4.69, 9.17) is 24.8 Å². The second-order valence-corrected chi connectivity index (χ2v) is 7.72. The van der Waals surface area contributed by atoms with Gasteiger partial charge in [-0.25, -0.2) is 9.98 Å². The lowest BCUT2D eigenvalue weighted by Gasteiger charge is -2.36. The molecule has 6 heteroatoms. The van der Waals surface area contributed by atoms with Crippen molar-refractivity contribution in [2.75, 3.05) is 0 Å². The molecule has 1 aliphatic rings. The van der Waals surface area contributed by atoms with Gasteiger partial charge in [0, 0.05) is 10.00 Å². The Morgan fingerprint density at radius 1 is 1.20 bits per heavy atom. The van der Waals surface area contributed by atoms with Gasteiger partial charge in [-0.15, -0.1) is 0 Å². The van der Waals surface area contributed by atoms with Gasteiger partial charge in [0.2, 0.25) is 0 Å². The molecule has 1 saturated carbocycles. The van der Waals surface area contributed by atoms with Crippen LogP contribution < -0.4 is 0 Å². The minimum absolute atomic E-state index is 0.0657. The summed E-state index contributed by atoms with van der Waals surface area (Å²) in [6, 6.07) is 0.378. The van der Waals surface area contributed by atoms with Crippen molar-refractivity contribution in [2.45, 2.75) is 74.0 Å². The first-order valence-electron chi connectivity index (χ1n) is 7.03. The summed E-state index contributed by atoms with van der Waals surface area (Å²) in [6.45, 7) is 2.04.